The Morgan fingerprint density at radius 3 is 2.59 bits per heavy atom. The second-order valence-corrected chi connectivity index (χ2v) is 7.82. The molecular weight excluding hydrogens is 423 g/mol. The number of carbonyl (C=O) groups is 2. The van der Waals surface area contributed by atoms with Crippen LogP contribution in [0, 0.1) is 5.82 Å². The number of alkyl halides is 2. The Morgan fingerprint density at radius 2 is 1.91 bits per heavy atom. The normalized spacial score (nSPS) is 14.8. The van der Waals surface area contributed by atoms with Gasteiger partial charge in [-0.05, 0) is 36.6 Å². The molecule has 3 aromatic rings. The number of fused-ring (bicyclic) bond motifs is 1. The molecule has 7 nitrogen and oxygen atoms in total. The van der Waals surface area contributed by atoms with E-state index in [2.05, 4.69) is 15.4 Å². The average Bonchev–Trinajstić information content (AvgIpc) is 3.16. The third-order valence-electron chi connectivity index (χ3n) is 5.60. The maximum Gasteiger partial charge on any atom is 0.266 e. The Hall–Kier alpha value is -3.43. The number of hydrogen-bond donors (Lipinski definition) is 1. The van der Waals surface area contributed by atoms with E-state index in [1.165, 1.54) is 30.1 Å². The van der Waals surface area contributed by atoms with Gasteiger partial charge in [0, 0.05) is 37.8 Å². The molecule has 0 saturated carbocycles. The van der Waals surface area contributed by atoms with Crippen molar-refractivity contribution in [2.24, 2.45) is 0 Å². The first-order chi connectivity index (χ1) is 15.3. The third-order valence-corrected chi connectivity index (χ3v) is 5.60. The van der Waals surface area contributed by atoms with Crippen LogP contribution in [-0.4, -0.2) is 50.6 Å². The molecule has 1 fully saturated rings. The average molecular weight is 445 g/mol. The smallest absolute Gasteiger partial charge is 0.266 e. The summed E-state index contributed by atoms with van der Waals surface area (Å²) in [6.07, 6.45) is 1.49. The third kappa shape index (κ3) is 4.58. The minimum Gasteiger partial charge on any atom is -0.353 e. The number of carbonyl (C=O) groups excluding carboxylic acids is 2. The van der Waals surface area contributed by atoms with Crippen LogP contribution in [0.2, 0.25) is 0 Å². The Bertz CT molecular complexity index is 1160. The van der Waals surface area contributed by atoms with E-state index in [0.717, 1.165) is 12.1 Å². The zero-order valence-corrected chi connectivity index (χ0v) is 17.4. The van der Waals surface area contributed by atoms with Crippen LogP contribution in [0.1, 0.15) is 31.8 Å². The number of pyridine rings is 1. The molecule has 4 rings (SSSR count). The molecule has 0 atom stereocenters. The zero-order valence-electron chi connectivity index (χ0n) is 17.4. The van der Waals surface area contributed by atoms with Crippen molar-refractivity contribution in [3.05, 3.63) is 48.0 Å². The van der Waals surface area contributed by atoms with Gasteiger partial charge in [-0.2, -0.15) is 5.10 Å². The highest BCUT2D eigenvalue weighted by molar-refractivity contribution is 5.83. The lowest BCUT2D eigenvalue weighted by Crippen LogP contribution is -2.46. The van der Waals surface area contributed by atoms with Crippen molar-refractivity contribution < 1.29 is 22.8 Å². The molecule has 1 aromatic carbocycles. The number of halogens is 3. The van der Waals surface area contributed by atoms with Gasteiger partial charge in [-0.3, -0.25) is 19.3 Å². The van der Waals surface area contributed by atoms with E-state index in [-0.39, 0.29) is 24.4 Å². The van der Waals surface area contributed by atoms with Crippen LogP contribution in [-0.2, 0) is 16.1 Å². The van der Waals surface area contributed by atoms with E-state index in [9.17, 15) is 22.8 Å². The number of nitrogens with one attached hydrogen (secondary N) is 1. The quantitative estimate of drug-likeness (QED) is 0.654. The lowest BCUT2D eigenvalue weighted by Gasteiger charge is -2.32. The number of nitrogens with zero attached hydrogens (tertiary/aromatic N) is 4. The number of likely N-dealkylation sites (tertiary alicyclic amines) is 1. The minimum absolute atomic E-state index is 0.00510. The largest absolute Gasteiger partial charge is 0.353 e. The molecule has 3 heterocycles. The predicted molar refractivity (Wildman–Crippen MR) is 111 cm³/mol. The van der Waals surface area contributed by atoms with Crippen molar-refractivity contribution in [2.75, 3.05) is 13.1 Å². The van der Waals surface area contributed by atoms with Gasteiger partial charge < -0.3 is 10.2 Å². The summed E-state index contributed by atoms with van der Waals surface area (Å²) in [5.74, 6) is -1.15. The minimum atomic E-state index is -2.93. The molecule has 2 aromatic heterocycles. The van der Waals surface area contributed by atoms with Gasteiger partial charge >= 0.3 is 0 Å². The summed E-state index contributed by atoms with van der Waals surface area (Å²) in [5.41, 5.74) is 1.38. The van der Waals surface area contributed by atoms with Gasteiger partial charge in [-0.25, -0.2) is 13.2 Å². The van der Waals surface area contributed by atoms with Gasteiger partial charge in [0.05, 0.1) is 17.3 Å². The molecule has 0 spiro atoms. The van der Waals surface area contributed by atoms with Gasteiger partial charge in [0.1, 0.15) is 17.9 Å². The first-order valence-corrected chi connectivity index (χ1v) is 10.3. The molecule has 0 radical (unpaired) electrons. The summed E-state index contributed by atoms with van der Waals surface area (Å²) in [4.78, 5) is 30.0. The van der Waals surface area contributed by atoms with Gasteiger partial charge in [0.15, 0.2) is 0 Å². The first kappa shape index (κ1) is 21.8. The van der Waals surface area contributed by atoms with Crippen LogP contribution in [0.5, 0.6) is 0 Å². The fourth-order valence-electron chi connectivity index (χ4n) is 3.92. The van der Waals surface area contributed by atoms with Crippen LogP contribution in [0.3, 0.4) is 0 Å². The number of rotatable bonds is 5. The molecule has 1 aliphatic heterocycles. The highest BCUT2D eigenvalue weighted by atomic mass is 19.3. The summed E-state index contributed by atoms with van der Waals surface area (Å²) in [5, 5.41) is 7.12. The number of benzene rings is 1. The number of piperidine rings is 1. The number of amides is 2. The zero-order chi connectivity index (χ0) is 22.8. The Balaban J connectivity index is 1.52. The number of aromatic nitrogens is 3. The molecule has 10 heteroatoms. The van der Waals surface area contributed by atoms with Crippen molar-refractivity contribution >= 4 is 22.8 Å². The van der Waals surface area contributed by atoms with Gasteiger partial charge in [0.2, 0.25) is 11.8 Å². The maximum atomic E-state index is 13.6. The summed E-state index contributed by atoms with van der Waals surface area (Å²) in [7, 11) is 0. The van der Waals surface area contributed by atoms with E-state index in [4.69, 9.17) is 0 Å². The molecule has 1 aliphatic rings. The topological polar surface area (TPSA) is 80.1 Å². The lowest BCUT2D eigenvalue weighted by molar-refractivity contribution is -0.133. The van der Waals surface area contributed by atoms with E-state index in [1.54, 1.807) is 11.0 Å². The second kappa shape index (κ2) is 8.97. The first-order valence-electron chi connectivity index (χ1n) is 10.3. The summed E-state index contributed by atoms with van der Waals surface area (Å²) >= 11 is 0. The van der Waals surface area contributed by atoms with E-state index in [0.29, 0.717) is 48.1 Å². The molecule has 0 bridgehead atoms. The number of hydrogen-bond acceptors (Lipinski definition) is 4. The van der Waals surface area contributed by atoms with Crippen molar-refractivity contribution in [3.63, 3.8) is 0 Å². The van der Waals surface area contributed by atoms with Crippen molar-refractivity contribution in [1.82, 2.24) is 25.0 Å². The molecule has 168 valence electrons. The molecule has 1 N–H and O–H groups in total. The SMILES string of the molecule is CC(=O)NC1CCN(C(=O)Cn2ncc3ncc(-c4ccc(F)c(C(F)F)c4)cc32)CC1. The van der Waals surface area contributed by atoms with E-state index >= 15 is 0 Å². The monoisotopic (exact) mass is 445 g/mol. The van der Waals surface area contributed by atoms with E-state index < -0.39 is 17.8 Å². The highest BCUT2D eigenvalue weighted by Gasteiger charge is 2.24. The van der Waals surface area contributed by atoms with Crippen LogP contribution < -0.4 is 5.32 Å². The highest BCUT2D eigenvalue weighted by Crippen LogP contribution is 2.29. The molecule has 0 unspecified atom stereocenters. The summed E-state index contributed by atoms with van der Waals surface area (Å²) in [6, 6.07) is 5.30. The van der Waals surface area contributed by atoms with Gasteiger partial charge in [-0.15, -0.1) is 0 Å². The Kier molecular flexibility index (Phi) is 6.11. The maximum absolute atomic E-state index is 13.6. The van der Waals surface area contributed by atoms with Gasteiger partial charge in [0.25, 0.3) is 6.43 Å². The van der Waals surface area contributed by atoms with Crippen LogP contribution in [0.4, 0.5) is 13.2 Å². The van der Waals surface area contributed by atoms with Gasteiger partial charge in [-0.1, -0.05) is 6.07 Å². The van der Waals surface area contributed by atoms with Crippen LogP contribution in [0.15, 0.2) is 36.7 Å². The lowest BCUT2D eigenvalue weighted by atomic mass is 10.0. The molecule has 32 heavy (non-hydrogen) atoms. The molecule has 2 amide bonds. The summed E-state index contributed by atoms with van der Waals surface area (Å²) in [6.45, 7) is 2.56. The van der Waals surface area contributed by atoms with Crippen molar-refractivity contribution in [2.45, 2.75) is 38.8 Å². The van der Waals surface area contributed by atoms with Crippen LogP contribution >= 0.6 is 0 Å². The second-order valence-electron chi connectivity index (χ2n) is 7.82. The molecule has 0 aliphatic carbocycles. The predicted octanol–water partition coefficient (Wildman–Crippen LogP) is 3.30. The van der Waals surface area contributed by atoms with Crippen molar-refractivity contribution in [1.29, 1.82) is 0 Å². The fraction of sp³-hybridized carbons (Fsp3) is 0.364. The Labute approximate surface area is 182 Å². The standard InChI is InChI=1S/C22H22F3N5O2/c1-13(31)28-16-4-6-29(7-5-16)21(32)12-30-20-9-15(10-26-19(20)11-27-30)14-2-3-18(23)17(8-14)22(24)25/h2-3,8-11,16,22H,4-7,12H2,1H3,(H,28,31). The fourth-order valence-corrected chi connectivity index (χ4v) is 3.92. The molecular formula is C22H22F3N5O2. The van der Waals surface area contributed by atoms with Crippen LogP contribution in [0.25, 0.3) is 22.2 Å². The van der Waals surface area contributed by atoms with E-state index in [1.807, 2.05) is 0 Å². The van der Waals surface area contributed by atoms with Crippen molar-refractivity contribution in [3.8, 4) is 11.1 Å². The Morgan fingerprint density at radius 1 is 1.16 bits per heavy atom. The summed E-state index contributed by atoms with van der Waals surface area (Å²) < 4.78 is 41.3. The molecule has 1 saturated heterocycles.